The zero-order chi connectivity index (χ0) is 14.6. The van der Waals surface area contributed by atoms with Crippen molar-refractivity contribution in [1.82, 2.24) is 4.98 Å². The molecule has 0 aliphatic rings. The number of nitrogens with zero attached hydrogens (tertiary/aromatic N) is 2. The zero-order valence-electron chi connectivity index (χ0n) is 10.8. The van der Waals surface area contributed by atoms with Crippen LogP contribution < -0.4 is 10.6 Å². The number of amides is 1. The van der Waals surface area contributed by atoms with Crippen molar-refractivity contribution in [3.05, 3.63) is 23.6 Å². The fourth-order valence-corrected chi connectivity index (χ4v) is 1.70. The highest BCUT2D eigenvalue weighted by molar-refractivity contribution is 5.94. The highest BCUT2D eigenvalue weighted by Gasteiger charge is 2.20. The average Bonchev–Trinajstić information content (AvgIpc) is 2.26. The van der Waals surface area contributed by atoms with Crippen molar-refractivity contribution in [2.24, 2.45) is 11.7 Å². The SMILES string of the molecule is CC(C)CN(CC(N)=O)c1ncc(F)cc1C(=O)O. The lowest BCUT2D eigenvalue weighted by Gasteiger charge is -2.25. The van der Waals surface area contributed by atoms with Crippen LogP contribution in [0.4, 0.5) is 10.2 Å². The Bertz CT molecular complexity index is 491. The monoisotopic (exact) mass is 269 g/mol. The smallest absolute Gasteiger partial charge is 0.339 e. The number of carbonyl (C=O) groups is 2. The van der Waals surface area contributed by atoms with E-state index in [0.717, 1.165) is 12.3 Å². The lowest BCUT2D eigenvalue weighted by atomic mass is 10.1. The van der Waals surface area contributed by atoms with Crippen LogP contribution in [0.15, 0.2) is 12.3 Å². The number of aromatic nitrogens is 1. The standard InChI is InChI=1S/C12H16FN3O3/c1-7(2)5-16(6-10(14)17)11-9(12(18)19)3-8(13)4-15-11/h3-4,7H,5-6H2,1-2H3,(H2,14,17)(H,18,19). The van der Waals surface area contributed by atoms with Gasteiger partial charge in [0.15, 0.2) is 0 Å². The summed E-state index contributed by atoms with van der Waals surface area (Å²) in [4.78, 5) is 27.4. The molecule has 1 rings (SSSR count). The van der Waals surface area contributed by atoms with E-state index in [1.54, 1.807) is 0 Å². The third kappa shape index (κ3) is 4.20. The molecule has 0 saturated heterocycles. The quantitative estimate of drug-likeness (QED) is 0.798. The van der Waals surface area contributed by atoms with E-state index in [4.69, 9.17) is 10.8 Å². The summed E-state index contributed by atoms with van der Waals surface area (Å²) in [6.45, 7) is 4.02. The molecule has 0 atom stereocenters. The zero-order valence-corrected chi connectivity index (χ0v) is 10.8. The Labute approximate surface area is 110 Å². The molecule has 1 aromatic heterocycles. The topological polar surface area (TPSA) is 96.5 Å². The van der Waals surface area contributed by atoms with Crippen LogP contribution >= 0.6 is 0 Å². The van der Waals surface area contributed by atoms with Gasteiger partial charge < -0.3 is 15.7 Å². The van der Waals surface area contributed by atoms with Crippen molar-refractivity contribution in [3.8, 4) is 0 Å². The highest BCUT2D eigenvalue weighted by atomic mass is 19.1. The molecule has 19 heavy (non-hydrogen) atoms. The number of hydrogen-bond donors (Lipinski definition) is 2. The van der Waals surface area contributed by atoms with Crippen molar-refractivity contribution >= 4 is 17.7 Å². The van der Waals surface area contributed by atoms with Gasteiger partial charge in [-0.15, -0.1) is 0 Å². The number of hydrogen-bond acceptors (Lipinski definition) is 4. The fraction of sp³-hybridized carbons (Fsp3) is 0.417. The summed E-state index contributed by atoms with van der Waals surface area (Å²) in [7, 11) is 0. The number of primary amides is 1. The number of pyridine rings is 1. The number of rotatable bonds is 6. The first kappa shape index (κ1) is 14.9. The first-order valence-corrected chi connectivity index (χ1v) is 5.73. The van der Waals surface area contributed by atoms with Crippen LogP contribution in [-0.2, 0) is 4.79 Å². The molecule has 0 aliphatic carbocycles. The summed E-state index contributed by atoms with van der Waals surface area (Å²) in [5, 5.41) is 9.06. The first-order valence-electron chi connectivity index (χ1n) is 5.73. The van der Waals surface area contributed by atoms with Crippen molar-refractivity contribution in [3.63, 3.8) is 0 Å². The second-order valence-corrected chi connectivity index (χ2v) is 4.57. The molecular formula is C12H16FN3O3. The molecule has 104 valence electrons. The molecule has 1 amide bonds. The number of carboxylic acid groups (broad SMARTS) is 1. The molecule has 3 N–H and O–H groups in total. The first-order chi connectivity index (χ1) is 8.81. The molecule has 0 aliphatic heterocycles. The van der Waals surface area contributed by atoms with Gasteiger partial charge in [0.25, 0.3) is 0 Å². The third-order valence-electron chi connectivity index (χ3n) is 2.30. The molecule has 7 heteroatoms. The van der Waals surface area contributed by atoms with Crippen molar-refractivity contribution in [1.29, 1.82) is 0 Å². The van der Waals surface area contributed by atoms with E-state index in [0.29, 0.717) is 6.54 Å². The maximum absolute atomic E-state index is 13.1. The molecule has 1 aromatic rings. The van der Waals surface area contributed by atoms with E-state index in [9.17, 15) is 14.0 Å². The maximum Gasteiger partial charge on any atom is 0.339 e. The lowest BCUT2D eigenvalue weighted by molar-refractivity contribution is -0.116. The van der Waals surface area contributed by atoms with Crippen LogP contribution in [0, 0.1) is 11.7 Å². The van der Waals surface area contributed by atoms with E-state index in [1.165, 1.54) is 4.90 Å². The van der Waals surface area contributed by atoms with Crippen LogP contribution in [0.5, 0.6) is 0 Å². The van der Waals surface area contributed by atoms with Gasteiger partial charge in [0.2, 0.25) is 5.91 Å². The van der Waals surface area contributed by atoms with Gasteiger partial charge in [0.05, 0.1) is 12.7 Å². The number of halogens is 1. The Morgan fingerprint density at radius 1 is 1.53 bits per heavy atom. The van der Waals surface area contributed by atoms with Crippen LogP contribution in [0.25, 0.3) is 0 Å². The minimum atomic E-state index is -1.31. The summed E-state index contributed by atoms with van der Waals surface area (Å²) >= 11 is 0. The van der Waals surface area contributed by atoms with E-state index in [1.807, 2.05) is 13.8 Å². The Morgan fingerprint density at radius 3 is 2.63 bits per heavy atom. The van der Waals surface area contributed by atoms with E-state index in [-0.39, 0.29) is 23.8 Å². The van der Waals surface area contributed by atoms with Gasteiger partial charge in [-0.2, -0.15) is 0 Å². The van der Waals surface area contributed by atoms with Crippen LogP contribution in [0.1, 0.15) is 24.2 Å². The van der Waals surface area contributed by atoms with Crippen LogP contribution in [0.2, 0.25) is 0 Å². The van der Waals surface area contributed by atoms with Gasteiger partial charge in [-0.25, -0.2) is 14.2 Å². The summed E-state index contributed by atoms with van der Waals surface area (Å²) < 4.78 is 13.1. The largest absolute Gasteiger partial charge is 0.478 e. The van der Waals surface area contributed by atoms with Gasteiger partial charge in [-0.3, -0.25) is 4.79 Å². The maximum atomic E-state index is 13.1. The number of carbonyl (C=O) groups excluding carboxylic acids is 1. The Kier molecular flexibility index (Phi) is 4.80. The summed E-state index contributed by atoms with van der Waals surface area (Å²) in [6.07, 6.45) is 0.913. The van der Waals surface area contributed by atoms with Crippen molar-refractivity contribution < 1.29 is 19.1 Å². The average molecular weight is 269 g/mol. The fourth-order valence-electron chi connectivity index (χ4n) is 1.70. The summed E-state index contributed by atoms with van der Waals surface area (Å²) in [5.41, 5.74) is 4.84. The van der Waals surface area contributed by atoms with E-state index >= 15 is 0 Å². The van der Waals surface area contributed by atoms with E-state index < -0.39 is 17.7 Å². The van der Waals surface area contributed by atoms with Crippen molar-refractivity contribution in [2.75, 3.05) is 18.0 Å². The third-order valence-corrected chi connectivity index (χ3v) is 2.30. The van der Waals surface area contributed by atoms with Gasteiger partial charge in [-0.1, -0.05) is 13.8 Å². The predicted octanol–water partition coefficient (Wildman–Crippen LogP) is 0.867. The van der Waals surface area contributed by atoms with Gasteiger partial charge in [0, 0.05) is 6.54 Å². The molecule has 0 spiro atoms. The molecule has 6 nitrogen and oxygen atoms in total. The van der Waals surface area contributed by atoms with Gasteiger partial charge in [-0.05, 0) is 12.0 Å². The van der Waals surface area contributed by atoms with Crippen LogP contribution in [-0.4, -0.2) is 35.1 Å². The minimum Gasteiger partial charge on any atom is -0.478 e. The Morgan fingerprint density at radius 2 is 2.16 bits per heavy atom. The highest BCUT2D eigenvalue weighted by Crippen LogP contribution is 2.19. The number of carboxylic acids is 1. The molecule has 0 unspecified atom stereocenters. The van der Waals surface area contributed by atoms with Crippen molar-refractivity contribution in [2.45, 2.75) is 13.8 Å². The Balaban J connectivity index is 3.20. The second-order valence-electron chi connectivity index (χ2n) is 4.57. The number of nitrogens with two attached hydrogens (primary N) is 1. The van der Waals surface area contributed by atoms with E-state index in [2.05, 4.69) is 4.98 Å². The lowest BCUT2D eigenvalue weighted by Crippen LogP contribution is -2.37. The predicted molar refractivity (Wildman–Crippen MR) is 67.4 cm³/mol. The van der Waals surface area contributed by atoms with Gasteiger partial charge >= 0.3 is 5.97 Å². The molecule has 0 saturated carbocycles. The minimum absolute atomic E-state index is 0.0430. The number of anilines is 1. The van der Waals surface area contributed by atoms with Crippen LogP contribution in [0.3, 0.4) is 0 Å². The molecule has 1 heterocycles. The second kappa shape index (κ2) is 6.12. The molecule has 0 aromatic carbocycles. The molecule has 0 radical (unpaired) electrons. The number of aromatic carboxylic acids is 1. The van der Waals surface area contributed by atoms with Gasteiger partial charge in [0.1, 0.15) is 17.2 Å². The summed E-state index contributed by atoms with van der Waals surface area (Å²) in [6, 6.07) is 0.874. The normalized spacial score (nSPS) is 10.5. The molecule has 0 fully saturated rings. The molecule has 0 bridgehead atoms. The molecular weight excluding hydrogens is 253 g/mol. The Hall–Kier alpha value is -2.18. The summed E-state index contributed by atoms with van der Waals surface area (Å²) in [5.74, 6) is -2.46.